The van der Waals surface area contributed by atoms with Crippen LogP contribution in [0.5, 0.6) is 11.5 Å². The first kappa shape index (κ1) is 16.2. The van der Waals surface area contributed by atoms with Gasteiger partial charge in [0.25, 0.3) is 0 Å². The standard InChI is InChI=1S/C20H14Cl2O3/c1-2-3-4-12-9-19(23)25-20(12)15-7-5-13(21)10-17(15)24-18-11-14(22)6-8-16(18)20/h2-8,10-11H,9H2,1H3/b3-2-,12-4+. The highest BCUT2D eigenvalue weighted by molar-refractivity contribution is 6.31. The molecule has 126 valence electrons. The van der Waals surface area contributed by atoms with Gasteiger partial charge in [-0.2, -0.15) is 0 Å². The summed E-state index contributed by atoms with van der Waals surface area (Å²) in [5.41, 5.74) is 1.35. The molecule has 2 aliphatic rings. The van der Waals surface area contributed by atoms with Crippen molar-refractivity contribution in [1.29, 1.82) is 0 Å². The summed E-state index contributed by atoms with van der Waals surface area (Å²) in [5.74, 6) is 0.839. The molecule has 0 N–H and O–H groups in total. The molecule has 5 heteroatoms. The third kappa shape index (κ3) is 2.46. The van der Waals surface area contributed by atoms with Crippen molar-refractivity contribution in [2.45, 2.75) is 18.9 Å². The molecule has 3 nitrogen and oxygen atoms in total. The molecule has 0 radical (unpaired) electrons. The molecule has 0 atom stereocenters. The fourth-order valence-corrected chi connectivity index (χ4v) is 3.73. The second kappa shape index (κ2) is 5.94. The molecule has 0 unspecified atom stereocenters. The highest BCUT2D eigenvalue weighted by atomic mass is 35.5. The van der Waals surface area contributed by atoms with E-state index in [1.807, 2.05) is 37.3 Å². The number of fused-ring (bicyclic) bond motifs is 4. The van der Waals surface area contributed by atoms with Gasteiger partial charge in [0.2, 0.25) is 0 Å². The number of carbonyl (C=O) groups is 1. The maximum atomic E-state index is 12.3. The van der Waals surface area contributed by atoms with Crippen LogP contribution in [0.25, 0.3) is 0 Å². The van der Waals surface area contributed by atoms with E-state index in [1.165, 1.54) is 0 Å². The SMILES string of the molecule is C/C=C\C=C1/CC(=O)OC12c1ccc(Cl)cc1Oc1cc(Cl)ccc12. The van der Waals surface area contributed by atoms with Crippen LogP contribution in [0.4, 0.5) is 0 Å². The number of halogens is 2. The van der Waals surface area contributed by atoms with Crippen molar-refractivity contribution in [2.24, 2.45) is 0 Å². The van der Waals surface area contributed by atoms with Gasteiger partial charge in [-0.05, 0) is 48.9 Å². The number of benzene rings is 2. The Hall–Kier alpha value is -2.23. The van der Waals surface area contributed by atoms with Crippen molar-refractivity contribution < 1.29 is 14.3 Å². The number of rotatable bonds is 1. The number of hydrogen-bond donors (Lipinski definition) is 0. The summed E-state index contributed by atoms with van der Waals surface area (Å²) in [7, 11) is 0. The molecule has 2 heterocycles. The fourth-order valence-electron chi connectivity index (χ4n) is 3.40. The first-order chi connectivity index (χ1) is 12.0. The monoisotopic (exact) mass is 372 g/mol. The quantitative estimate of drug-likeness (QED) is 0.594. The molecule has 2 aromatic carbocycles. The predicted molar refractivity (Wildman–Crippen MR) is 97.4 cm³/mol. The summed E-state index contributed by atoms with van der Waals surface area (Å²) in [6.07, 6.45) is 5.95. The lowest BCUT2D eigenvalue weighted by atomic mass is 9.77. The molecule has 0 saturated carbocycles. The van der Waals surface area contributed by atoms with Crippen molar-refractivity contribution in [2.75, 3.05) is 0 Å². The molecule has 4 rings (SSSR count). The first-order valence-electron chi connectivity index (χ1n) is 7.86. The highest BCUT2D eigenvalue weighted by Crippen LogP contribution is 2.56. The van der Waals surface area contributed by atoms with Crippen LogP contribution in [0, 0.1) is 0 Å². The van der Waals surface area contributed by atoms with Gasteiger partial charge in [0, 0.05) is 21.2 Å². The second-order valence-corrected chi connectivity index (χ2v) is 6.81. The predicted octanol–water partition coefficient (Wildman–Crippen LogP) is 5.79. The minimum absolute atomic E-state index is 0.217. The van der Waals surface area contributed by atoms with Gasteiger partial charge in [-0.25, -0.2) is 0 Å². The van der Waals surface area contributed by atoms with Gasteiger partial charge in [-0.1, -0.05) is 41.4 Å². The van der Waals surface area contributed by atoms with Gasteiger partial charge in [0.15, 0.2) is 5.60 Å². The zero-order valence-corrected chi connectivity index (χ0v) is 14.9. The number of ether oxygens (including phenoxy) is 2. The lowest BCUT2D eigenvalue weighted by Gasteiger charge is -2.36. The summed E-state index contributed by atoms with van der Waals surface area (Å²) in [4.78, 5) is 12.3. The van der Waals surface area contributed by atoms with Gasteiger partial charge in [0.05, 0.1) is 6.42 Å². The topological polar surface area (TPSA) is 35.5 Å². The molecule has 1 spiro atoms. The van der Waals surface area contributed by atoms with Crippen molar-refractivity contribution in [3.63, 3.8) is 0 Å². The molecule has 0 bridgehead atoms. The van der Waals surface area contributed by atoms with E-state index in [2.05, 4.69) is 0 Å². The van der Waals surface area contributed by atoms with Crippen molar-refractivity contribution in [3.8, 4) is 11.5 Å². The Balaban J connectivity index is 2.06. The zero-order valence-electron chi connectivity index (χ0n) is 13.4. The van der Waals surface area contributed by atoms with Crippen LogP contribution in [-0.4, -0.2) is 5.97 Å². The number of esters is 1. The molecule has 25 heavy (non-hydrogen) atoms. The average Bonchev–Trinajstić information content (AvgIpc) is 2.89. The Labute approximate surface area is 155 Å². The van der Waals surface area contributed by atoms with Crippen LogP contribution in [0.15, 0.2) is 60.2 Å². The van der Waals surface area contributed by atoms with E-state index in [0.29, 0.717) is 21.5 Å². The van der Waals surface area contributed by atoms with Crippen LogP contribution in [0.1, 0.15) is 24.5 Å². The normalized spacial score (nSPS) is 19.0. The van der Waals surface area contributed by atoms with Gasteiger partial charge in [-0.3, -0.25) is 4.79 Å². The Morgan fingerprint density at radius 1 is 1.04 bits per heavy atom. The van der Waals surface area contributed by atoms with Gasteiger partial charge in [0.1, 0.15) is 11.5 Å². The van der Waals surface area contributed by atoms with E-state index < -0.39 is 5.60 Å². The van der Waals surface area contributed by atoms with Crippen LogP contribution in [0.2, 0.25) is 10.0 Å². The first-order valence-corrected chi connectivity index (χ1v) is 8.62. The van der Waals surface area contributed by atoms with Crippen molar-refractivity contribution in [3.05, 3.63) is 81.4 Å². The Kier molecular flexibility index (Phi) is 3.86. The summed E-state index contributed by atoms with van der Waals surface area (Å²) >= 11 is 12.3. The largest absolute Gasteiger partial charge is 0.456 e. The van der Waals surface area contributed by atoms with E-state index in [1.54, 1.807) is 24.3 Å². The van der Waals surface area contributed by atoms with E-state index in [-0.39, 0.29) is 12.4 Å². The van der Waals surface area contributed by atoms with Crippen LogP contribution >= 0.6 is 23.2 Å². The van der Waals surface area contributed by atoms with Crippen molar-refractivity contribution in [1.82, 2.24) is 0 Å². The summed E-state index contributed by atoms with van der Waals surface area (Å²) < 4.78 is 11.9. The molecule has 0 aliphatic carbocycles. The Morgan fingerprint density at radius 2 is 1.64 bits per heavy atom. The van der Waals surface area contributed by atoms with Crippen molar-refractivity contribution >= 4 is 29.2 Å². The summed E-state index contributed by atoms with van der Waals surface area (Å²) in [5, 5.41) is 1.09. The maximum Gasteiger partial charge on any atom is 0.311 e. The second-order valence-electron chi connectivity index (χ2n) is 5.93. The average molecular weight is 373 g/mol. The smallest absolute Gasteiger partial charge is 0.311 e. The lowest BCUT2D eigenvalue weighted by molar-refractivity contribution is -0.146. The third-order valence-corrected chi connectivity index (χ3v) is 4.88. The third-order valence-electron chi connectivity index (χ3n) is 4.41. The van der Waals surface area contributed by atoms with Crippen LogP contribution in [0.3, 0.4) is 0 Å². The van der Waals surface area contributed by atoms with E-state index in [9.17, 15) is 4.79 Å². The number of hydrogen-bond acceptors (Lipinski definition) is 3. The van der Waals surface area contributed by atoms with E-state index >= 15 is 0 Å². The van der Waals surface area contributed by atoms with Crippen LogP contribution < -0.4 is 4.74 Å². The molecular formula is C20H14Cl2O3. The molecule has 0 amide bonds. The minimum Gasteiger partial charge on any atom is -0.456 e. The summed E-state index contributed by atoms with van der Waals surface area (Å²) in [6, 6.07) is 10.7. The molecule has 1 fully saturated rings. The van der Waals surface area contributed by atoms with E-state index in [0.717, 1.165) is 16.7 Å². The highest BCUT2D eigenvalue weighted by Gasteiger charge is 2.53. The molecular weight excluding hydrogens is 359 g/mol. The fraction of sp³-hybridized carbons (Fsp3) is 0.150. The molecule has 2 aromatic rings. The van der Waals surface area contributed by atoms with Gasteiger partial charge < -0.3 is 9.47 Å². The Morgan fingerprint density at radius 3 is 2.20 bits per heavy atom. The van der Waals surface area contributed by atoms with Gasteiger partial charge >= 0.3 is 5.97 Å². The van der Waals surface area contributed by atoms with E-state index in [4.69, 9.17) is 32.7 Å². The molecule has 1 saturated heterocycles. The lowest BCUT2D eigenvalue weighted by Crippen LogP contribution is -2.32. The van der Waals surface area contributed by atoms with Gasteiger partial charge in [-0.15, -0.1) is 0 Å². The molecule has 0 aromatic heterocycles. The Bertz CT molecular complexity index is 892. The number of allylic oxidation sites excluding steroid dienone is 3. The maximum absolute atomic E-state index is 12.3. The minimum atomic E-state index is -1.02. The van der Waals surface area contributed by atoms with Crippen LogP contribution in [-0.2, 0) is 15.1 Å². The molecule has 2 aliphatic heterocycles. The number of carbonyl (C=O) groups excluding carboxylic acids is 1. The summed E-state index contributed by atoms with van der Waals surface area (Å²) in [6.45, 7) is 1.92. The zero-order chi connectivity index (χ0) is 17.6.